The summed E-state index contributed by atoms with van der Waals surface area (Å²) in [4.78, 5) is 23.2. The zero-order chi connectivity index (χ0) is 14.6. The molecule has 7 nitrogen and oxygen atoms in total. The molecule has 0 spiro atoms. The third-order valence-corrected chi connectivity index (χ3v) is 2.00. The summed E-state index contributed by atoms with van der Waals surface area (Å²) in [6.45, 7) is 6.44. The summed E-state index contributed by atoms with van der Waals surface area (Å²) >= 11 is 0. The van der Waals surface area contributed by atoms with E-state index >= 15 is 0 Å². The lowest BCUT2D eigenvalue weighted by Gasteiger charge is -2.20. The Morgan fingerprint density at radius 2 is 2.05 bits per heavy atom. The number of carbonyl (C=O) groups is 2. The number of rotatable bonds is 4. The summed E-state index contributed by atoms with van der Waals surface area (Å²) in [6.07, 6.45) is 3.10. The van der Waals surface area contributed by atoms with Gasteiger partial charge in [0.1, 0.15) is 11.3 Å². The number of Topliss-reactive ketones (excluding diaryl/α,β-unsaturated/α-hetero) is 1. The SMILES string of the molecule is CC(=O)C(N=Nc1cnn(C)c1)C(=O)OC(C)(C)C. The Morgan fingerprint density at radius 3 is 2.47 bits per heavy atom. The standard InChI is InChI=1S/C12H18N4O3/c1-8(17)10(11(18)19-12(2,3)4)15-14-9-6-13-16(5)7-9/h6-7,10H,1-5H3. The molecule has 0 saturated carbocycles. The highest BCUT2D eigenvalue weighted by molar-refractivity contribution is 6.02. The van der Waals surface area contributed by atoms with Crippen molar-refractivity contribution in [2.75, 3.05) is 0 Å². The highest BCUT2D eigenvalue weighted by Crippen LogP contribution is 2.14. The molecule has 1 aromatic heterocycles. The number of carbonyl (C=O) groups excluding carboxylic acids is 2. The van der Waals surface area contributed by atoms with E-state index in [-0.39, 0.29) is 0 Å². The van der Waals surface area contributed by atoms with Crippen LogP contribution in [0.25, 0.3) is 0 Å². The van der Waals surface area contributed by atoms with Crippen molar-refractivity contribution in [3.63, 3.8) is 0 Å². The van der Waals surface area contributed by atoms with Crippen LogP contribution in [0.3, 0.4) is 0 Å². The topological polar surface area (TPSA) is 85.9 Å². The Labute approximate surface area is 111 Å². The molecule has 104 valence electrons. The lowest BCUT2D eigenvalue weighted by atomic mass is 10.1. The zero-order valence-corrected chi connectivity index (χ0v) is 11.7. The molecule has 1 heterocycles. The molecule has 0 N–H and O–H groups in total. The Morgan fingerprint density at radius 1 is 1.42 bits per heavy atom. The summed E-state index contributed by atoms with van der Waals surface area (Å²) in [5.41, 5.74) is -0.202. The molecule has 1 rings (SSSR count). The van der Waals surface area contributed by atoms with Gasteiger partial charge in [0.05, 0.1) is 12.4 Å². The number of ketones is 1. The predicted octanol–water partition coefficient (Wildman–Crippen LogP) is 1.80. The molecule has 1 atom stereocenters. The largest absolute Gasteiger partial charge is 0.458 e. The molecular weight excluding hydrogens is 248 g/mol. The van der Waals surface area contributed by atoms with Crippen molar-refractivity contribution >= 4 is 17.4 Å². The summed E-state index contributed by atoms with van der Waals surface area (Å²) in [6, 6.07) is -1.24. The Kier molecular flexibility index (Phi) is 4.52. The van der Waals surface area contributed by atoms with E-state index in [1.807, 2.05) is 0 Å². The van der Waals surface area contributed by atoms with E-state index in [0.717, 1.165) is 0 Å². The summed E-state index contributed by atoms with van der Waals surface area (Å²) in [5, 5.41) is 11.5. The van der Waals surface area contributed by atoms with Gasteiger partial charge < -0.3 is 4.74 Å². The van der Waals surface area contributed by atoms with E-state index < -0.39 is 23.4 Å². The van der Waals surface area contributed by atoms with Crippen molar-refractivity contribution in [2.24, 2.45) is 17.3 Å². The maximum Gasteiger partial charge on any atom is 0.341 e. The predicted molar refractivity (Wildman–Crippen MR) is 68.0 cm³/mol. The molecule has 1 aromatic rings. The lowest BCUT2D eigenvalue weighted by molar-refractivity contribution is -0.157. The molecule has 0 aliphatic rings. The molecule has 0 fully saturated rings. The average Bonchev–Trinajstić information content (AvgIpc) is 2.61. The minimum Gasteiger partial charge on any atom is -0.458 e. The molecule has 0 amide bonds. The third kappa shape index (κ3) is 4.99. The first-order valence-electron chi connectivity index (χ1n) is 5.82. The van der Waals surface area contributed by atoms with E-state index in [9.17, 15) is 9.59 Å². The number of azo groups is 1. The maximum absolute atomic E-state index is 11.8. The van der Waals surface area contributed by atoms with Crippen LogP contribution in [-0.2, 0) is 21.4 Å². The Bertz CT molecular complexity index is 499. The van der Waals surface area contributed by atoms with E-state index in [4.69, 9.17) is 4.74 Å². The van der Waals surface area contributed by atoms with Crippen LogP contribution in [-0.4, -0.2) is 33.2 Å². The van der Waals surface area contributed by atoms with Crippen molar-refractivity contribution < 1.29 is 14.3 Å². The lowest BCUT2D eigenvalue weighted by Crippen LogP contribution is -2.34. The van der Waals surface area contributed by atoms with Gasteiger partial charge in [0.15, 0.2) is 5.78 Å². The van der Waals surface area contributed by atoms with Crippen LogP contribution in [0.1, 0.15) is 27.7 Å². The number of aryl methyl sites for hydroxylation is 1. The first-order chi connectivity index (χ1) is 8.69. The van der Waals surface area contributed by atoms with Crippen LogP contribution >= 0.6 is 0 Å². The molecule has 19 heavy (non-hydrogen) atoms. The highest BCUT2D eigenvalue weighted by Gasteiger charge is 2.28. The fourth-order valence-electron chi connectivity index (χ4n) is 1.24. The third-order valence-electron chi connectivity index (χ3n) is 2.00. The number of hydrogen-bond acceptors (Lipinski definition) is 6. The van der Waals surface area contributed by atoms with Gasteiger partial charge in [0.2, 0.25) is 6.04 Å². The molecular formula is C12H18N4O3. The van der Waals surface area contributed by atoms with Crippen LogP contribution in [0, 0.1) is 0 Å². The smallest absolute Gasteiger partial charge is 0.341 e. The van der Waals surface area contributed by atoms with Crippen LogP contribution in [0.5, 0.6) is 0 Å². The van der Waals surface area contributed by atoms with E-state index in [1.54, 1.807) is 38.7 Å². The van der Waals surface area contributed by atoms with Gasteiger partial charge in [-0.3, -0.25) is 9.48 Å². The fourth-order valence-corrected chi connectivity index (χ4v) is 1.24. The molecule has 1 unspecified atom stereocenters. The van der Waals surface area contributed by atoms with Crippen molar-refractivity contribution in [1.82, 2.24) is 9.78 Å². The van der Waals surface area contributed by atoms with Gasteiger partial charge in [0.25, 0.3) is 0 Å². The number of nitrogens with zero attached hydrogens (tertiary/aromatic N) is 4. The Hall–Kier alpha value is -2.05. The molecule has 0 aromatic carbocycles. The summed E-state index contributed by atoms with van der Waals surface area (Å²) in [5.74, 6) is -1.12. The maximum atomic E-state index is 11.8. The van der Waals surface area contributed by atoms with Crippen LogP contribution in [0.2, 0.25) is 0 Å². The molecule has 0 radical (unpaired) electrons. The average molecular weight is 266 g/mol. The molecule has 0 aliphatic carbocycles. The second-order valence-corrected chi connectivity index (χ2v) is 5.13. The zero-order valence-electron chi connectivity index (χ0n) is 11.7. The number of aromatic nitrogens is 2. The summed E-state index contributed by atoms with van der Waals surface area (Å²) in [7, 11) is 1.73. The number of hydrogen-bond donors (Lipinski definition) is 0. The monoisotopic (exact) mass is 266 g/mol. The first kappa shape index (κ1) is 15.0. The molecule has 0 aliphatic heterocycles. The molecule has 0 bridgehead atoms. The van der Waals surface area contributed by atoms with E-state index in [0.29, 0.717) is 5.69 Å². The van der Waals surface area contributed by atoms with Gasteiger partial charge in [-0.15, -0.1) is 0 Å². The number of esters is 1. The molecule has 0 saturated heterocycles. The van der Waals surface area contributed by atoms with Crippen molar-refractivity contribution in [3.05, 3.63) is 12.4 Å². The van der Waals surface area contributed by atoms with Crippen molar-refractivity contribution in [1.29, 1.82) is 0 Å². The molecule has 7 heteroatoms. The normalized spacial score (nSPS) is 13.5. The van der Waals surface area contributed by atoms with E-state index in [1.165, 1.54) is 13.1 Å². The first-order valence-corrected chi connectivity index (χ1v) is 5.82. The van der Waals surface area contributed by atoms with Gasteiger partial charge in [0, 0.05) is 7.05 Å². The van der Waals surface area contributed by atoms with Crippen LogP contribution in [0.15, 0.2) is 22.6 Å². The van der Waals surface area contributed by atoms with Gasteiger partial charge in [-0.2, -0.15) is 15.3 Å². The fraction of sp³-hybridized carbons (Fsp3) is 0.583. The Balaban J connectivity index is 2.81. The van der Waals surface area contributed by atoms with Crippen LogP contribution < -0.4 is 0 Å². The van der Waals surface area contributed by atoms with E-state index in [2.05, 4.69) is 15.3 Å². The van der Waals surface area contributed by atoms with Crippen LogP contribution in [0.4, 0.5) is 5.69 Å². The number of ether oxygens (including phenoxy) is 1. The van der Waals surface area contributed by atoms with Gasteiger partial charge in [-0.1, -0.05) is 0 Å². The van der Waals surface area contributed by atoms with Crippen molar-refractivity contribution in [2.45, 2.75) is 39.3 Å². The van der Waals surface area contributed by atoms with Gasteiger partial charge in [-0.25, -0.2) is 4.79 Å². The highest BCUT2D eigenvalue weighted by atomic mass is 16.6. The minimum atomic E-state index is -1.24. The second-order valence-electron chi connectivity index (χ2n) is 5.13. The van der Waals surface area contributed by atoms with Gasteiger partial charge >= 0.3 is 5.97 Å². The minimum absolute atomic E-state index is 0.415. The van der Waals surface area contributed by atoms with Crippen molar-refractivity contribution in [3.8, 4) is 0 Å². The van der Waals surface area contributed by atoms with Gasteiger partial charge in [-0.05, 0) is 27.7 Å². The quantitative estimate of drug-likeness (QED) is 0.472. The summed E-state index contributed by atoms with van der Waals surface area (Å²) < 4.78 is 6.67. The second kappa shape index (κ2) is 5.73.